The second kappa shape index (κ2) is 5.71. The van der Waals surface area contributed by atoms with Crippen LogP contribution in [0.1, 0.15) is 0 Å². The first-order chi connectivity index (χ1) is 6.02. The molecule has 6 heteroatoms. The van der Waals surface area contributed by atoms with Gasteiger partial charge in [-0.2, -0.15) is 0 Å². The third-order valence-corrected chi connectivity index (χ3v) is 2.79. The highest BCUT2D eigenvalue weighted by atomic mass is 32.2. The number of hydrogen-bond acceptors (Lipinski definition) is 5. The van der Waals surface area contributed by atoms with Crippen LogP contribution < -0.4 is 5.73 Å². The van der Waals surface area contributed by atoms with E-state index < -0.39 is 15.8 Å². The fourth-order valence-corrected chi connectivity index (χ4v) is 1.54. The molecular weight excluding hydrogens is 194 g/mol. The zero-order valence-corrected chi connectivity index (χ0v) is 8.21. The average Bonchev–Trinajstić information content (AvgIpc) is 2.03. The zero-order chi connectivity index (χ0) is 10.3. The van der Waals surface area contributed by atoms with Crippen molar-refractivity contribution in [3.05, 3.63) is 12.2 Å². The summed E-state index contributed by atoms with van der Waals surface area (Å²) in [6, 6.07) is 0. The van der Waals surface area contributed by atoms with Gasteiger partial charge in [0.05, 0.1) is 18.6 Å². The Hall–Kier alpha value is -0.880. The van der Waals surface area contributed by atoms with E-state index >= 15 is 0 Å². The molecule has 0 aliphatic carbocycles. The molecule has 0 atom stereocenters. The molecule has 0 aromatic carbocycles. The fraction of sp³-hybridized carbons (Fsp3) is 0.571. The van der Waals surface area contributed by atoms with Gasteiger partial charge in [-0.15, -0.1) is 0 Å². The Kier molecular flexibility index (Phi) is 5.33. The van der Waals surface area contributed by atoms with Crippen molar-refractivity contribution in [2.75, 3.05) is 25.2 Å². The standard InChI is InChI=1S/C7H13NO4S/c1-12-7(9)3-2-5-13(10,11)6-4-8/h2-3H,4-6,8H2,1H3. The molecular formula is C7H13NO4S. The average molecular weight is 207 g/mol. The molecule has 0 unspecified atom stereocenters. The van der Waals surface area contributed by atoms with E-state index in [1.165, 1.54) is 13.2 Å². The molecule has 0 rings (SSSR count). The largest absolute Gasteiger partial charge is 0.466 e. The summed E-state index contributed by atoms with van der Waals surface area (Å²) in [6.07, 6.45) is 2.32. The van der Waals surface area contributed by atoms with Gasteiger partial charge in [-0.3, -0.25) is 0 Å². The molecule has 0 saturated carbocycles. The summed E-state index contributed by atoms with van der Waals surface area (Å²) in [6.45, 7) is 0.0917. The minimum atomic E-state index is -3.16. The number of rotatable bonds is 5. The number of carbonyl (C=O) groups excluding carboxylic acids is 1. The highest BCUT2D eigenvalue weighted by Gasteiger charge is 2.06. The van der Waals surface area contributed by atoms with E-state index in [-0.39, 0.29) is 18.1 Å². The molecule has 0 aromatic rings. The van der Waals surface area contributed by atoms with E-state index in [9.17, 15) is 13.2 Å². The lowest BCUT2D eigenvalue weighted by Gasteiger charge is -1.96. The smallest absolute Gasteiger partial charge is 0.330 e. The molecule has 13 heavy (non-hydrogen) atoms. The molecule has 0 saturated heterocycles. The lowest BCUT2D eigenvalue weighted by atomic mass is 10.5. The molecule has 0 aliphatic heterocycles. The predicted molar refractivity (Wildman–Crippen MR) is 48.9 cm³/mol. The number of sulfone groups is 1. The van der Waals surface area contributed by atoms with E-state index in [1.807, 2.05) is 0 Å². The van der Waals surface area contributed by atoms with E-state index in [0.717, 1.165) is 6.08 Å². The molecule has 2 N–H and O–H groups in total. The first-order valence-corrected chi connectivity index (χ1v) is 5.49. The van der Waals surface area contributed by atoms with Gasteiger partial charge in [-0.25, -0.2) is 13.2 Å². The van der Waals surface area contributed by atoms with E-state index in [4.69, 9.17) is 5.73 Å². The number of esters is 1. The van der Waals surface area contributed by atoms with E-state index in [0.29, 0.717) is 0 Å². The Bertz CT molecular complexity index is 281. The molecule has 0 aromatic heterocycles. The zero-order valence-electron chi connectivity index (χ0n) is 7.39. The first-order valence-electron chi connectivity index (χ1n) is 3.67. The summed E-state index contributed by atoms with van der Waals surface area (Å²) in [7, 11) is -1.93. The molecule has 5 nitrogen and oxygen atoms in total. The maximum atomic E-state index is 11.0. The molecule has 0 amide bonds. The van der Waals surface area contributed by atoms with Crippen LogP contribution in [0.4, 0.5) is 0 Å². The van der Waals surface area contributed by atoms with Crippen molar-refractivity contribution in [3.63, 3.8) is 0 Å². The van der Waals surface area contributed by atoms with Crippen LogP contribution >= 0.6 is 0 Å². The van der Waals surface area contributed by atoms with Crippen molar-refractivity contribution < 1.29 is 17.9 Å². The van der Waals surface area contributed by atoms with Crippen LogP contribution in [-0.2, 0) is 19.4 Å². The molecule has 0 spiro atoms. The Morgan fingerprint density at radius 2 is 2.15 bits per heavy atom. The third kappa shape index (κ3) is 6.30. The van der Waals surface area contributed by atoms with Crippen LogP contribution in [0.3, 0.4) is 0 Å². The summed E-state index contributed by atoms with van der Waals surface area (Å²) < 4.78 is 26.3. The van der Waals surface area contributed by atoms with Gasteiger partial charge in [0.15, 0.2) is 9.84 Å². The highest BCUT2D eigenvalue weighted by molar-refractivity contribution is 7.91. The van der Waals surface area contributed by atoms with Gasteiger partial charge in [0.25, 0.3) is 0 Å². The topological polar surface area (TPSA) is 86.5 Å². The SMILES string of the molecule is COC(=O)C=CCS(=O)(=O)CCN. The Balaban J connectivity index is 4.02. The summed E-state index contributed by atoms with van der Waals surface area (Å²) in [4.78, 5) is 10.5. The van der Waals surface area contributed by atoms with Crippen LogP contribution in [-0.4, -0.2) is 39.5 Å². The quantitative estimate of drug-likeness (QED) is 0.466. The summed E-state index contributed by atoms with van der Waals surface area (Å²) in [5.41, 5.74) is 5.08. The normalized spacial score (nSPS) is 11.8. The van der Waals surface area contributed by atoms with Crippen LogP contribution in [0.2, 0.25) is 0 Å². The van der Waals surface area contributed by atoms with Crippen molar-refractivity contribution in [1.82, 2.24) is 0 Å². The molecule has 0 radical (unpaired) electrons. The van der Waals surface area contributed by atoms with Gasteiger partial charge in [0.2, 0.25) is 0 Å². The van der Waals surface area contributed by atoms with Crippen LogP contribution in [0, 0.1) is 0 Å². The van der Waals surface area contributed by atoms with Crippen molar-refractivity contribution in [3.8, 4) is 0 Å². The Morgan fingerprint density at radius 1 is 1.54 bits per heavy atom. The van der Waals surface area contributed by atoms with Crippen molar-refractivity contribution >= 4 is 15.8 Å². The van der Waals surface area contributed by atoms with Gasteiger partial charge in [0, 0.05) is 12.6 Å². The van der Waals surface area contributed by atoms with Gasteiger partial charge >= 0.3 is 5.97 Å². The third-order valence-electron chi connectivity index (χ3n) is 1.23. The van der Waals surface area contributed by atoms with E-state index in [1.54, 1.807) is 0 Å². The lowest BCUT2D eigenvalue weighted by molar-refractivity contribution is -0.134. The molecule has 0 bridgehead atoms. The maximum absolute atomic E-state index is 11.0. The molecule has 0 fully saturated rings. The Morgan fingerprint density at radius 3 is 2.62 bits per heavy atom. The minimum Gasteiger partial charge on any atom is -0.466 e. The number of methoxy groups -OCH3 is 1. The molecule has 0 heterocycles. The van der Waals surface area contributed by atoms with Crippen molar-refractivity contribution in [1.29, 1.82) is 0 Å². The van der Waals surface area contributed by atoms with Crippen LogP contribution in [0.5, 0.6) is 0 Å². The maximum Gasteiger partial charge on any atom is 0.330 e. The number of ether oxygens (including phenoxy) is 1. The summed E-state index contributed by atoms with van der Waals surface area (Å²) in [5, 5.41) is 0. The monoisotopic (exact) mass is 207 g/mol. The first kappa shape index (κ1) is 12.1. The minimum absolute atomic E-state index is 0.0709. The Labute approximate surface area is 77.5 Å². The van der Waals surface area contributed by atoms with E-state index in [2.05, 4.69) is 4.74 Å². The van der Waals surface area contributed by atoms with Crippen LogP contribution in [0.25, 0.3) is 0 Å². The summed E-state index contributed by atoms with van der Waals surface area (Å²) >= 11 is 0. The van der Waals surface area contributed by atoms with Gasteiger partial charge in [-0.1, -0.05) is 6.08 Å². The van der Waals surface area contributed by atoms with Crippen LogP contribution in [0.15, 0.2) is 12.2 Å². The summed E-state index contributed by atoms with van der Waals surface area (Å²) in [5.74, 6) is -0.819. The fourth-order valence-electron chi connectivity index (χ4n) is 0.622. The predicted octanol–water partition coefficient (Wildman–Crippen LogP) is -0.911. The molecule has 0 aliphatic rings. The van der Waals surface area contributed by atoms with Gasteiger partial charge in [0.1, 0.15) is 0 Å². The highest BCUT2D eigenvalue weighted by Crippen LogP contribution is 1.90. The van der Waals surface area contributed by atoms with Crippen molar-refractivity contribution in [2.24, 2.45) is 5.73 Å². The second-order valence-corrected chi connectivity index (χ2v) is 4.56. The van der Waals surface area contributed by atoms with Crippen molar-refractivity contribution in [2.45, 2.75) is 0 Å². The second-order valence-electron chi connectivity index (χ2n) is 2.33. The lowest BCUT2D eigenvalue weighted by Crippen LogP contribution is -2.17. The number of hydrogen-bond donors (Lipinski definition) is 1. The van der Waals surface area contributed by atoms with Gasteiger partial charge < -0.3 is 10.5 Å². The number of nitrogens with two attached hydrogens (primary N) is 1. The van der Waals surface area contributed by atoms with Gasteiger partial charge in [-0.05, 0) is 0 Å². The number of carbonyl (C=O) groups is 1. The molecule has 76 valence electrons.